The van der Waals surface area contributed by atoms with Crippen molar-refractivity contribution in [3.8, 4) is 0 Å². The van der Waals surface area contributed by atoms with E-state index in [1.165, 1.54) is 55.6 Å². The Bertz CT molecular complexity index is 722. The molecule has 1 aliphatic carbocycles. The summed E-state index contributed by atoms with van der Waals surface area (Å²) >= 11 is 1.27. The van der Waals surface area contributed by atoms with Crippen LogP contribution in [-0.2, 0) is 4.79 Å². The summed E-state index contributed by atoms with van der Waals surface area (Å²) in [4.78, 5) is 26.7. The van der Waals surface area contributed by atoms with Crippen LogP contribution in [0, 0.1) is 16.0 Å². The van der Waals surface area contributed by atoms with Crippen molar-refractivity contribution in [2.45, 2.75) is 44.9 Å². The fourth-order valence-corrected chi connectivity index (χ4v) is 3.99. The number of non-ortho nitro benzene ring substituents is 1. The molecular weight excluding hydrogens is 314 g/mol. The van der Waals surface area contributed by atoms with Gasteiger partial charge in [-0.2, -0.15) is 0 Å². The van der Waals surface area contributed by atoms with E-state index in [9.17, 15) is 14.9 Å². The molecule has 1 N–H and O–H groups in total. The molecule has 23 heavy (non-hydrogen) atoms. The van der Waals surface area contributed by atoms with Gasteiger partial charge in [-0.05, 0) is 18.4 Å². The first kappa shape index (κ1) is 15.9. The maximum Gasteiger partial charge on any atom is 0.270 e. The van der Waals surface area contributed by atoms with Gasteiger partial charge in [0.1, 0.15) is 0 Å². The molecule has 0 bridgehead atoms. The number of fused-ring (bicyclic) bond motifs is 1. The number of thiazole rings is 1. The van der Waals surface area contributed by atoms with Gasteiger partial charge in [0.2, 0.25) is 5.91 Å². The highest BCUT2D eigenvalue weighted by Gasteiger charge is 2.16. The van der Waals surface area contributed by atoms with Crippen LogP contribution in [-0.4, -0.2) is 15.8 Å². The van der Waals surface area contributed by atoms with E-state index in [1.54, 1.807) is 6.07 Å². The van der Waals surface area contributed by atoms with Crippen LogP contribution in [0.1, 0.15) is 44.9 Å². The van der Waals surface area contributed by atoms with Crippen molar-refractivity contribution in [1.29, 1.82) is 0 Å². The second kappa shape index (κ2) is 7.04. The largest absolute Gasteiger partial charge is 0.302 e. The summed E-state index contributed by atoms with van der Waals surface area (Å²) in [6, 6.07) is 4.53. The predicted octanol–water partition coefficient (Wildman–Crippen LogP) is 4.50. The highest BCUT2D eigenvalue weighted by molar-refractivity contribution is 7.22. The number of amides is 1. The number of nitro groups is 1. The minimum atomic E-state index is -0.429. The van der Waals surface area contributed by atoms with Crippen molar-refractivity contribution < 1.29 is 9.72 Å². The average Bonchev–Trinajstić information content (AvgIpc) is 2.95. The van der Waals surface area contributed by atoms with Crippen LogP contribution in [0.2, 0.25) is 0 Å². The molecule has 1 aromatic carbocycles. The second-order valence-electron chi connectivity index (χ2n) is 6.02. The minimum absolute atomic E-state index is 0.0240. The number of carbonyl (C=O) groups is 1. The van der Waals surface area contributed by atoms with Gasteiger partial charge in [0.05, 0.1) is 15.1 Å². The zero-order valence-electron chi connectivity index (χ0n) is 12.8. The summed E-state index contributed by atoms with van der Waals surface area (Å²) in [6.07, 6.45) is 7.80. The smallest absolute Gasteiger partial charge is 0.270 e. The summed E-state index contributed by atoms with van der Waals surface area (Å²) < 4.78 is 0.710. The van der Waals surface area contributed by atoms with Gasteiger partial charge in [-0.25, -0.2) is 4.98 Å². The number of carbonyl (C=O) groups excluding carboxylic acids is 1. The number of benzene rings is 1. The molecule has 0 spiro atoms. The van der Waals surface area contributed by atoms with E-state index in [4.69, 9.17) is 0 Å². The quantitative estimate of drug-likeness (QED) is 0.644. The Kier molecular flexibility index (Phi) is 4.85. The van der Waals surface area contributed by atoms with Crippen molar-refractivity contribution in [3.05, 3.63) is 28.3 Å². The summed E-state index contributed by atoms with van der Waals surface area (Å²) in [6.45, 7) is 0. The van der Waals surface area contributed by atoms with E-state index in [0.29, 0.717) is 27.7 Å². The fraction of sp³-hybridized carbons (Fsp3) is 0.500. The van der Waals surface area contributed by atoms with E-state index >= 15 is 0 Å². The lowest BCUT2D eigenvalue weighted by Crippen LogP contribution is -2.14. The molecule has 122 valence electrons. The Hall–Kier alpha value is -2.02. The Morgan fingerprint density at radius 1 is 1.35 bits per heavy atom. The van der Waals surface area contributed by atoms with E-state index in [-0.39, 0.29) is 11.6 Å². The molecule has 0 radical (unpaired) electrons. The number of nitrogens with one attached hydrogen (secondary N) is 1. The van der Waals surface area contributed by atoms with Crippen LogP contribution in [0.3, 0.4) is 0 Å². The molecule has 1 amide bonds. The molecule has 1 fully saturated rings. The molecule has 0 atom stereocenters. The Balaban J connectivity index is 1.59. The lowest BCUT2D eigenvalue weighted by atomic mass is 9.86. The van der Waals surface area contributed by atoms with Gasteiger partial charge >= 0.3 is 0 Å². The molecule has 3 rings (SSSR count). The van der Waals surface area contributed by atoms with Crippen LogP contribution in [0.15, 0.2) is 18.2 Å². The number of nitrogens with zero attached hydrogens (tertiary/aromatic N) is 2. The van der Waals surface area contributed by atoms with Crippen molar-refractivity contribution in [1.82, 2.24) is 4.98 Å². The van der Waals surface area contributed by atoms with Crippen LogP contribution in [0.4, 0.5) is 10.8 Å². The third-order valence-electron chi connectivity index (χ3n) is 4.33. The molecular formula is C16H19N3O3S. The third kappa shape index (κ3) is 4.04. The summed E-state index contributed by atoms with van der Waals surface area (Å²) in [7, 11) is 0. The summed E-state index contributed by atoms with van der Waals surface area (Å²) in [5.74, 6) is 0.650. The number of rotatable bonds is 5. The molecule has 0 aliphatic heterocycles. The summed E-state index contributed by atoms with van der Waals surface area (Å²) in [5, 5.41) is 14.1. The maximum absolute atomic E-state index is 12.1. The van der Waals surface area contributed by atoms with E-state index < -0.39 is 4.92 Å². The Morgan fingerprint density at radius 3 is 2.87 bits per heavy atom. The number of hydrogen-bond donors (Lipinski definition) is 1. The number of hydrogen-bond acceptors (Lipinski definition) is 5. The van der Waals surface area contributed by atoms with Crippen LogP contribution in [0.25, 0.3) is 10.2 Å². The lowest BCUT2D eigenvalue weighted by molar-refractivity contribution is -0.384. The summed E-state index contributed by atoms with van der Waals surface area (Å²) in [5.41, 5.74) is 0.708. The van der Waals surface area contributed by atoms with Crippen LogP contribution < -0.4 is 5.32 Å². The maximum atomic E-state index is 12.1. The number of aromatic nitrogens is 1. The Labute approximate surface area is 138 Å². The van der Waals surface area contributed by atoms with Crippen molar-refractivity contribution in [3.63, 3.8) is 0 Å². The number of nitro benzene ring substituents is 1. The monoisotopic (exact) mass is 333 g/mol. The minimum Gasteiger partial charge on any atom is -0.302 e. The molecule has 1 aliphatic rings. The van der Waals surface area contributed by atoms with Gasteiger partial charge in [0, 0.05) is 18.6 Å². The van der Waals surface area contributed by atoms with Crippen LogP contribution in [0.5, 0.6) is 0 Å². The van der Waals surface area contributed by atoms with Gasteiger partial charge in [0.15, 0.2) is 5.13 Å². The first-order chi connectivity index (χ1) is 11.1. The highest BCUT2D eigenvalue weighted by Crippen LogP contribution is 2.30. The van der Waals surface area contributed by atoms with Gasteiger partial charge in [0.25, 0.3) is 5.69 Å². The molecule has 0 unspecified atom stereocenters. The zero-order valence-corrected chi connectivity index (χ0v) is 13.6. The molecule has 6 nitrogen and oxygen atoms in total. The molecule has 2 aromatic rings. The van der Waals surface area contributed by atoms with Gasteiger partial charge in [-0.1, -0.05) is 43.4 Å². The van der Waals surface area contributed by atoms with Gasteiger partial charge < -0.3 is 5.32 Å². The highest BCUT2D eigenvalue weighted by atomic mass is 32.1. The van der Waals surface area contributed by atoms with Gasteiger partial charge in [-0.3, -0.25) is 14.9 Å². The van der Waals surface area contributed by atoms with Crippen LogP contribution >= 0.6 is 11.3 Å². The normalized spacial score (nSPS) is 15.7. The lowest BCUT2D eigenvalue weighted by Gasteiger charge is -2.20. The topological polar surface area (TPSA) is 85.1 Å². The molecule has 7 heteroatoms. The molecule has 1 heterocycles. The van der Waals surface area contributed by atoms with Crippen molar-refractivity contribution in [2.24, 2.45) is 5.92 Å². The second-order valence-corrected chi connectivity index (χ2v) is 7.05. The van der Waals surface area contributed by atoms with Gasteiger partial charge in [-0.15, -0.1) is 0 Å². The SMILES string of the molecule is O=C(CCC1CCCCC1)Nc1nc2ccc([N+](=O)[O-])cc2s1. The zero-order chi connectivity index (χ0) is 16.2. The predicted molar refractivity (Wildman–Crippen MR) is 90.7 cm³/mol. The number of anilines is 1. The van der Waals surface area contributed by atoms with Crippen molar-refractivity contribution in [2.75, 3.05) is 5.32 Å². The molecule has 1 saturated carbocycles. The standard InChI is InChI=1S/C16H19N3O3S/c20-15(9-6-11-4-2-1-3-5-11)18-16-17-13-8-7-12(19(21)22)10-14(13)23-16/h7-8,10-11H,1-6,9H2,(H,17,18,20). The van der Waals surface area contributed by atoms with E-state index in [0.717, 1.165) is 6.42 Å². The van der Waals surface area contributed by atoms with E-state index in [1.807, 2.05) is 0 Å². The average molecular weight is 333 g/mol. The first-order valence-electron chi connectivity index (χ1n) is 7.96. The molecule has 1 aromatic heterocycles. The first-order valence-corrected chi connectivity index (χ1v) is 8.78. The third-order valence-corrected chi connectivity index (χ3v) is 5.27. The Morgan fingerprint density at radius 2 is 2.13 bits per heavy atom. The van der Waals surface area contributed by atoms with Crippen molar-refractivity contribution >= 4 is 38.3 Å². The molecule has 0 saturated heterocycles. The van der Waals surface area contributed by atoms with E-state index in [2.05, 4.69) is 10.3 Å². The fourth-order valence-electron chi connectivity index (χ4n) is 3.07.